The zero-order valence-corrected chi connectivity index (χ0v) is 8.79. The summed E-state index contributed by atoms with van der Waals surface area (Å²) >= 11 is 0. The van der Waals surface area contributed by atoms with Gasteiger partial charge in [-0.05, 0) is 18.6 Å². The second kappa shape index (κ2) is 5.29. The van der Waals surface area contributed by atoms with Crippen LogP contribution in [0.2, 0.25) is 0 Å². The van der Waals surface area contributed by atoms with Gasteiger partial charge >= 0.3 is 5.97 Å². The van der Waals surface area contributed by atoms with Crippen molar-refractivity contribution in [1.29, 1.82) is 0 Å². The number of methoxy groups -OCH3 is 1. The average molecular weight is 208 g/mol. The molecule has 0 aliphatic rings. The summed E-state index contributed by atoms with van der Waals surface area (Å²) in [5, 5.41) is 0. The van der Waals surface area contributed by atoms with Crippen LogP contribution >= 0.6 is 0 Å². The van der Waals surface area contributed by atoms with Crippen molar-refractivity contribution in [1.82, 2.24) is 0 Å². The van der Waals surface area contributed by atoms with E-state index in [1.165, 1.54) is 13.2 Å². The first-order valence-corrected chi connectivity index (χ1v) is 4.73. The summed E-state index contributed by atoms with van der Waals surface area (Å²) < 4.78 is 17.9. The zero-order valence-electron chi connectivity index (χ0n) is 8.79. The summed E-state index contributed by atoms with van der Waals surface area (Å²) in [6, 6.07) is 4.29. The van der Waals surface area contributed by atoms with Gasteiger partial charge in [-0.3, -0.25) is 0 Å². The Balaban J connectivity index is 2.98. The first kappa shape index (κ1) is 11.4. The second-order valence-electron chi connectivity index (χ2n) is 3.04. The first-order chi connectivity index (χ1) is 7.19. The molecule has 0 saturated carbocycles. The number of esters is 1. The molecule has 0 bridgehead atoms. The summed E-state index contributed by atoms with van der Waals surface area (Å²) in [6.45, 7) is 1.97. The molecule has 0 unspecified atom stereocenters. The lowest BCUT2D eigenvalue weighted by Gasteiger charge is -2.01. The number of benzene rings is 1. The minimum atomic E-state index is -0.528. The summed E-state index contributed by atoms with van der Waals surface area (Å²) in [4.78, 5) is 11.1. The molecule has 0 amide bonds. The van der Waals surface area contributed by atoms with Crippen molar-refractivity contribution in [3.63, 3.8) is 0 Å². The summed E-state index contributed by atoms with van der Waals surface area (Å²) in [5.41, 5.74) is 0.702. The monoisotopic (exact) mass is 208 g/mol. The van der Waals surface area contributed by atoms with Crippen LogP contribution in [-0.4, -0.2) is 13.1 Å². The SMILES string of the molecule is CCC=Cc1ccc(C(=O)OC)cc1F. The van der Waals surface area contributed by atoms with E-state index in [0.29, 0.717) is 5.56 Å². The highest BCUT2D eigenvalue weighted by Gasteiger charge is 2.07. The largest absolute Gasteiger partial charge is 0.465 e. The van der Waals surface area contributed by atoms with Crippen molar-refractivity contribution in [3.8, 4) is 0 Å². The maximum absolute atomic E-state index is 13.4. The fraction of sp³-hybridized carbons (Fsp3) is 0.250. The van der Waals surface area contributed by atoms with E-state index in [9.17, 15) is 9.18 Å². The summed E-state index contributed by atoms with van der Waals surface area (Å²) in [6.07, 6.45) is 4.39. The van der Waals surface area contributed by atoms with Gasteiger partial charge in [0.1, 0.15) is 5.82 Å². The van der Waals surface area contributed by atoms with Crippen molar-refractivity contribution < 1.29 is 13.9 Å². The maximum atomic E-state index is 13.4. The number of allylic oxidation sites excluding steroid dienone is 1. The molecule has 0 atom stereocenters. The average Bonchev–Trinajstić information content (AvgIpc) is 2.26. The normalized spacial score (nSPS) is 10.6. The van der Waals surface area contributed by atoms with E-state index >= 15 is 0 Å². The maximum Gasteiger partial charge on any atom is 0.337 e. The van der Waals surface area contributed by atoms with Crippen LogP contribution in [0, 0.1) is 5.82 Å². The Kier molecular flexibility index (Phi) is 4.03. The van der Waals surface area contributed by atoms with E-state index in [1.54, 1.807) is 18.2 Å². The third-order valence-corrected chi connectivity index (χ3v) is 1.95. The lowest BCUT2D eigenvalue weighted by Crippen LogP contribution is -2.01. The number of carbonyl (C=O) groups is 1. The highest BCUT2D eigenvalue weighted by Crippen LogP contribution is 2.13. The Hall–Kier alpha value is -1.64. The van der Waals surface area contributed by atoms with Gasteiger partial charge in [-0.2, -0.15) is 0 Å². The molecule has 1 aromatic rings. The predicted octanol–water partition coefficient (Wildman–Crippen LogP) is 3.04. The predicted molar refractivity (Wildman–Crippen MR) is 57.1 cm³/mol. The summed E-state index contributed by atoms with van der Waals surface area (Å²) in [5.74, 6) is -0.942. The molecule has 0 fully saturated rings. The van der Waals surface area contributed by atoms with E-state index in [-0.39, 0.29) is 5.56 Å². The molecular formula is C12H13FO2. The standard InChI is InChI=1S/C12H13FO2/c1-3-4-5-9-6-7-10(8-11(9)13)12(14)15-2/h4-8H,3H2,1-2H3. The van der Waals surface area contributed by atoms with Crippen LogP contribution in [0.15, 0.2) is 24.3 Å². The molecule has 15 heavy (non-hydrogen) atoms. The lowest BCUT2D eigenvalue weighted by molar-refractivity contribution is 0.0600. The van der Waals surface area contributed by atoms with E-state index in [4.69, 9.17) is 0 Å². The van der Waals surface area contributed by atoms with Crippen LogP contribution in [0.25, 0.3) is 6.08 Å². The summed E-state index contributed by atoms with van der Waals surface area (Å²) in [7, 11) is 1.27. The van der Waals surface area contributed by atoms with Crippen LogP contribution in [0.5, 0.6) is 0 Å². The fourth-order valence-electron chi connectivity index (χ4n) is 1.15. The second-order valence-corrected chi connectivity index (χ2v) is 3.04. The number of hydrogen-bond acceptors (Lipinski definition) is 2. The van der Waals surface area contributed by atoms with Crippen molar-refractivity contribution in [3.05, 3.63) is 41.2 Å². The highest BCUT2D eigenvalue weighted by atomic mass is 19.1. The number of hydrogen-bond donors (Lipinski definition) is 0. The van der Waals surface area contributed by atoms with Crippen molar-refractivity contribution in [2.24, 2.45) is 0 Å². The third-order valence-electron chi connectivity index (χ3n) is 1.95. The molecule has 1 aromatic carbocycles. The molecule has 1 rings (SSSR count). The Morgan fingerprint density at radius 1 is 1.53 bits per heavy atom. The van der Waals surface area contributed by atoms with E-state index in [1.807, 2.05) is 13.0 Å². The number of halogens is 1. The highest BCUT2D eigenvalue weighted by molar-refractivity contribution is 5.89. The number of carbonyl (C=O) groups excluding carboxylic acids is 1. The Morgan fingerprint density at radius 3 is 2.80 bits per heavy atom. The first-order valence-electron chi connectivity index (χ1n) is 4.73. The molecule has 0 N–H and O–H groups in total. The van der Waals surface area contributed by atoms with Gasteiger partial charge in [-0.25, -0.2) is 9.18 Å². The molecular weight excluding hydrogens is 195 g/mol. The minimum absolute atomic E-state index is 0.226. The van der Waals surface area contributed by atoms with Crippen LogP contribution in [0.1, 0.15) is 29.3 Å². The quantitative estimate of drug-likeness (QED) is 0.713. The molecule has 0 aliphatic heterocycles. The minimum Gasteiger partial charge on any atom is -0.465 e. The van der Waals surface area contributed by atoms with Gasteiger partial charge in [-0.1, -0.05) is 25.1 Å². The van der Waals surface area contributed by atoms with Gasteiger partial charge in [0.15, 0.2) is 0 Å². The van der Waals surface area contributed by atoms with Crippen LogP contribution < -0.4 is 0 Å². The molecule has 0 spiro atoms. The molecule has 0 heterocycles. The Morgan fingerprint density at radius 2 is 2.27 bits per heavy atom. The molecule has 0 saturated heterocycles. The third kappa shape index (κ3) is 2.91. The number of rotatable bonds is 3. The van der Waals surface area contributed by atoms with Crippen molar-refractivity contribution in [2.45, 2.75) is 13.3 Å². The van der Waals surface area contributed by atoms with Gasteiger partial charge < -0.3 is 4.74 Å². The molecule has 0 aromatic heterocycles. The van der Waals surface area contributed by atoms with E-state index in [0.717, 1.165) is 6.42 Å². The van der Waals surface area contributed by atoms with Gasteiger partial charge in [0.25, 0.3) is 0 Å². The Bertz CT molecular complexity index is 383. The van der Waals surface area contributed by atoms with Gasteiger partial charge in [0, 0.05) is 5.56 Å². The fourth-order valence-corrected chi connectivity index (χ4v) is 1.15. The Labute approximate surface area is 88.4 Å². The molecule has 3 heteroatoms. The van der Waals surface area contributed by atoms with Crippen molar-refractivity contribution in [2.75, 3.05) is 7.11 Å². The van der Waals surface area contributed by atoms with Crippen molar-refractivity contribution >= 4 is 12.0 Å². The number of ether oxygens (including phenoxy) is 1. The lowest BCUT2D eigenvalue weighted by atomic mass is 10.1. The smallest absolute Gasteiger partial charge is 0.337 e. The topological polar surface area (TPSA) is 26.3 Å². The van der Waals surface area contributed by atoms with Gasteiger partial charge in [0.05, 0.1) is 12.7 Å². The van der Waals surface area contributed by atoms with Crippen LogP contribution in [0.4, 0.5) is 4.39 Å². The zero-order chi connectivity index (χ0) is 11.3. The van der Waals surface area contributed by atoms with Crippen LogP contribution in [-0.2, 0) is 4.74 Å². The van der Waals surface area contributed by atoms with E-state index in [2.05, 4.69) is 4.74 Å². The van der Waals surface area contributed by atoms with E-state index < -0.39 is 11.8 Å². The molecule has 2 nitrogen and oxygen atoms in total. The molecule has 0 radical (unpaired) electrons. The van der Waals surface area contributed by atoms with Gasteiger partial charge in [-0.15, -0.1) is 0 Å². The van der Waals surface area contributed by atoms with Gasteiger partial charge in [0.2, 0.25) is 0 Å². The molecule has 0 aliphatic carbocycles. The molecule has 80 valence electrons. The van der Waals surface area contributed by atoms with Crippen LogP contribution in [0.3, 0.4) is 0 Å².